The van der Waals surface area contributed by atoms with Gasteiger partial charge in [-0.05, 0) is 18.2 Å². The maximum Gasteiger partial charge on any atom is 0.296 e. The summed E-state index contributed by atoms with van der Waals surface area (Å²) in [6, 6.07) is 4.21. The van der Waals surface area contributed by atoms with E-state index >= 15 is 0 Å². The number of Topliss-reactive ketones (excluding diaryl/α,β-unsaturated/α-hetero) is 2. The van der Waals surface area contributed by atoms with Crippen LogP contribution in [0.2, 0.25) is 0 Å². The number of halogens is 2. The van der Waals surface area contributed by atoms with E-state index in [1.165, 1.54) is 32.4 Å². The van der Waals surface area contributed by atoms with Gasteiger partial charge in [0.15, 0.2) is 17.3 Å². The van der Waals surface area contributed by atoms with Crippen molar-refractivity contribution in [3.63, 3.8) is 0 Å². The number of ether oxygens (including phenoxy) is 2. The van der Waals surface area contributed by atoms with Gasteiger partial charge in [0.05, 0.1) is 20.6 Å². The first-order chi connectivity index (χ1) is 8.49. The number of rotatable bonds is 6. The number of hydrogen-bond acceptors (Lipinski definition) is 4. The van der Waals surface area contributed by atoms with Crippen molar-refractivity contribution in [3.8, 4) is 11.5 Å². The molecule has 1 aromatic rings. The van der Waals surface area contributed by atoms with Crippen LogP contribution in [0, 0.1) is 0 Å². The summed E-state index contributed by atoms with van der Waals surface area (Å²) in [5.41, 5.74) is 0.127. The van der Waals surface area contributed by atoms with E-state index in [1.807, 2.05) is 0 Å². The molecule has 6 heteroatoms. The largest absolute Gasteiger partial charge is 0.493 e. The SMILES string of the molecule is COc1ccc(C(=O)CC(=O)C(F)F)cc1OC. The van der Waals surface area contributed by atoms with E-state index in [2.05, 4.69) is 0 Å². The summed E-state index contributed by atoms with van der Waals surface area (Å²) in [7, 11) is 2.82. The van der Waals surface area contributed by atoms with Crippen molar-refractivity contribution in [2.24, 2.45) is 0 Å². The van der Waals surface area contributed by atoms with Crippen LogP contribution in [0.3, 0.4) is 0 Å². The maximum absolute atomic E-state index is 12.0. The monoisotopic (exact) mass is 258 g/mol. The molecule has 0 atom stereocenters. The van der Waals surface area contributed by atoms with Crippen molar-refractivity contribution in [1.29, 1.82) is 0 Å². The molecule has 98 valence electrons. The molecule has 0 aliphatic carbocycles. The Morgan fingerprint density at radius 3 is 2.28 bits per heavy atom. The van der Waals surface area contributed by atoms with Crippen LogP contribution >= 0.6 is 0 Å². The zero-order chi connectivity index (χ0) is 13.7. The summed E-state index contributed by atoms with van der Waals surface area (Å²) < 4.78 is 34.0. The van der Waals surface area contributed by atoms with Crippen LogP contribution in [0.4, 0.5) is 8.78 Å². The summed E-state index contributed by atoms with van der Waals surface area (Å²) >= 11 is 0. The molecule has 0 aliphatic heterocycles. The van der Waals surface area contributed by atoms with Crippen LogP contribution in [0.5, 0.6) is 11.5 Å². The van der Waals surface area contributed by atoms with Gasteiger partial charge < -0.3 is 9.47 Å². The van der Waals surface area contributed by atoms with Crippen molar-refractivity contribution in [2.75, 3.05) is 14.2 Å². The molecule has 0 amide bonds. The van der Waals surface area contributed by atoms with Gasteiger partial charge in [0.1, 0.15) is 0 Å². The Hall–Kier alpha value is -1.98. The van der Waals surface area contributed by atoms with Crippen LogP contribution < -0.4 is 9.47 Å². The summed E-state index contributed by atoms with van der Waals surface area (Å²) in [6.07, 6.45) is -3.96. The predicted octanol–water partition coefficient (Wildman–Crippen LogP) is 2.11. The van der Waals surface area contributed by atoms with Crippen LogP contribution in [-0.4, -0.2) is 32.2 Å². The van der Waals surface area contributed by atoms with Gasteiger partial charge in [-0.1, -0.05) is 0 Å². The standard InChI is InChI=1S/C12H12F2O4/c1-17-10-4-3-7(5-11(10)18-2)8(15)6-9(16)12(13)14/h3-5,12H,6H2,1-2H3. The van der Waals surface area contributed by atoms with E-state index in [-0.39, 0.29) is 5.56 Å². The number of carbonyl (C=O) groups excluding carboxylic acids is 2. The third kappa shape index (κ3) is 3.26. The quantitative estimate of drug-likeness (QED) is 0.579. The Labute approximate surface area is 103 Å². The minimum Gasteiger partial charge on any atom is -0.493 e. The predicted molar refractivity (Wildman–Crippen MR) is 59.5 cm³/mol. The minimum atomic E-state index is -3.13. The lowest BCUT2D eigenvalue weighted by atomic mass is 10.1. The molecule has 0 aromatic heterocycles. The smallest absolute Gasteiger partial charge is 0.296 e. The molecule has 0 heterocycles. The molecule has 0 saturated heterocycles. The number of alkyl halides is 2. The minimum absolute atomic E-state index is 0.127. The zero-order valence-corrected chi connectivity index (χ0v) is 9.91. The summed E-state index contributed by atoms with van der Waals surface area (Å²) in [6.45, 7) is 0. The van der Waals surface area contributed by atoms with Gasteiger partial charge in [-0.2, -0.15) is 0 Å². The summed E-state index contributed by atoms with van der Waals surface area (Å²) in [4.78, 5) is 22.4. The molecule has 1 aromatic carbocycles. The normalized spacial score (nSPS) is 10.3. The van der Waals surface area contributed by atoms with E-state index in [0.717, 1.165) is 0 Å². The van der Waals surface area contributed by atoms with E-state index in [9.17, 15) is 18.4 Å². The molecule has 0 fully saturated rings. The molecule has 0 unspecified atom stereocenters. The Morgan fingerprint density at radius 1 is 1.17 bits per heavy atom. The molecule has 18 heavy (non-hydrogen) atoms. The van der Waals surface area contributed by atoms with Gasteiger partial charge >= 0.3 is 0 Å². The van der Waals surface area contributed by atoms with Crippen LogP contribution in [0.1, 0.15) is 16.8 Å². The number of hydrogen-bond donors (Lipinski definition) is 0. The van der Waals surface area contributed by atoms with Gasteiger partial charge in [-0.15, -0.1) is 0 Å². The first-order valence-electron chi connectivity index (χ1n) is 5.05. The highest BCUT2D eigenvalue weighted by Crippen LogP contribution is 2.28. The van der Waals surface area contributed by atoms with E-state index in [0.29, 0.717) is 11.5 Å². The summed E-state index contributed by atoms with van der Waals surface area (Å²) in [5, 5.41) is 0. The Balaban J connectivity index is 2.90. The molecule has 0 aliphatic rings. The third-order valence-corrected chi connectivity index (χ3v) is 2.28. The molecular weight excluding hydrogens is 246 g/mol. The summed E-state index contributed by atoms with van der Waals surface area (Å²) in [5.74, 6) is -1.36. The second kappa shape index (κ2) is 6.09. The van der Waals surface area contributed by atoms with Crippen molar-refractivity contribution < 1.29 is 27.8 Å². The fourth-order valence-corrected chi connectivity index (χ4v) is 1.35. The van der Waals surface area contributed by atoms with E-state index < -0.39 is 24.4 Å². The van der Waals surface area contributed by atoms with Gasteiger partial charge in [0.2, 0.25) is 5.78 Å². The Bertz CT molecular complexity index is 457. The number of benzene rings is 1. The number of ketones is 2. The maximum atomic E-state index is 12.0. The Kier molecular flexibility index (Phi) is 4.76. The lowest BCUT2D eigenvalue weighted by Gasteiger charge is -2.08. The van der Waals surface area contributed by atoms with Gasteiger partial charge in [-0.25, -0.2) is 8.78 Å². The number of methoxy groups -OCH3 is 2. The van der Waals surface area contributed by atoms with Crippen LogP contribution in [-0.2, 0) is 4.79 Å². The lowest BCUT2D eigenvalue weighted by molar-refractivity contribution is -0.128. The zero-order valence-electron chi connectivity index (χ0n) is 9.91. The van der Waals surface area contributed by atoms with Gasteiger partial charge in [0, 0.05) is 5.56 Å². The van der Waals surface area contributed by atoms with E-state index in [1.54, 1.807) is 0 Å². The topological polar surface area (TPSA) is 52.6 Å². The average molecular weight is 258 g/mol. The van der Waals surface area contributed by atoms with Gasteiger partial charge in [0.25, 0.3) is 6.43 Å². The van der Waals surface area contributed by atoms with Crippen molar-refractivity contribution in [1.82, 2.24) is 0 Å². The molecule has 0 bridgehead atoms. The molecule has 0 spiro atoms. The van der Waals surface area contributed by atoms with E-state index in [4.69, 9.17) is 9.47 Å². The first-order valence-corrected chi connectivity index (χ1v) is 5.05. The highest BCUT2D eigenvalue weighted by molar-refractivity contribution is 6.09. The molecule has 0 N–H and O–H groups in total. The molecule has 0 saturated carbocycles. The highest BCUT2D eigenvalue weighted by Gasteiger charge is 2.20. The van der Waals surface area contributed by atoms with Crippen LogP contribution in [0.25, 0.3) is 0 Å². The third-order valence-electron chi connectivity index (χ3n) is 2.28. The van der Waals surface area contributed by atoms with Crippen molar-refractivity contribution >= 4 is 11.6 Å². The number of carbonyl (C=O) groups is 2. The molecule has 4 nitrogen and oxygen atoms in total. The Morgan fingerprint density at radius 2 is 1.78 bits per heavy atom. The van der Waals surface area contributed by atoms with Gasteiger partial charge in [-0.3, -0.25) is 9.59 Å². The van der Waals surface area contributed by atoms with Crippen molar-refractivity contribution in [2.45, 2.75) is 12.8 Å². The second-order valence-electron chi connectivity index (χ2n) is 3.44. The van der Waals surface area contributed by atoms with Crippen LogP contribution in [0.15, 0.2) is 18.2 Å². The lowest BCUT2D eigenvalue weighted by Crippen LogP contribution is -2.15. The second-order valence-corrected chi connectivity index (χ2v) is 3.44. The van der Waals surface area contributed by atoms with Crippen molar-refractivity contribution in [3.05, 3.63) is 23.8 Å². The fourth-order valence-electron chi connectivity index (χ4n) is 1.35. The first kappa shape index (κ1) is 14.1. The fraction of sp³-hybridized carbons (Fsp3) is 0.333. The average Bonchev–Trinajstić information content (AvgIpc) is 2.37. The molecule has 1 rings (SSSR count). The molecule has 0 radical (unpaired) electrons. The highest BCUT2D eigenvalue weighted by atomic mass is 19.3. The molecular formula is C12H12F2O4.